The standard InChI is InChI=1S/C12H12F3N3S/c1-7-17-5-9(19-7)6-18-11-3-2-8(4-10(11)16)12(13,14)15/h2-5,18H,6,16H2,1H3. The third-order valence-electron chi connectivity index (χ3n) is 2.50. The minimum absolute atomic E-state index is 0.0797. The molecule has 0 unspecified atom stereocenters. The molecule has 0 aliphatic carbocycles. The van der Waals surface area contributed by atoms with E-state index in [1.807, 2.05) is 6.92 Å². The van der Waals surface area contributed by atoms with Crippen LogP contribution in [0.1, 0.15) is 15.4 Å². The minimum Gasteiger partial charge on any atom is -0.397 e. The van der Waals surface area contributed by atoms with Crippen molar-refractivity contribution in [2.45, 2.75) is 19.6 Å². The smallest absolute Gasteiger partial charge is 0.397 e. The lowest BCUT2D eigenvalue weighted by Gasteiger charge is -2.12. The zero-order valence-electron chi connectivity index (χ0n) is 10.1. The molecule has 0 spiro atoms. The van der Waals surface area contributed by atoms with E-state index >= 15 is 0 Å². The van der Waals surface area contributed by atoms with E-state index in [1.54, 1.807) is 6.20 Å². The number of anilines is 2. The molecule has 1 aromatic carbocycles. The Bertz CT molecular complexity index is 578. The zero-order chi connectivity index (χ0) is 14.0. The molecule has 19 heavy (non-hydrogen) atoms. The second-order valence-electron chi connectivity index (χ2n) is 4.00. The molecule has 0 atom stereocenters. The SMILES string of the molecule is Cc1ncc(CNc2ccc(C(F)(F)F)cc2N)s1. The molecule has 0 aliphatic rings. The van der Waals surface area contributed by atoms with Crippen LogP contribution in [0.25, 0.3) is 0 Å². The lowest BCUT2D eigenvalue weighted by Crippen LogP contribution is -2.07. The summed E-state index contributed by atoms with van der Waals surface area (Å²) in [5.41, 5.74) is 5.43. The van der Waals surface area contributed by atoms with Crippen LogP contribution in [0, 0.1) is 6.92 Å². The molecule has 0 fully saturated rings. The van der Waals surface area contributed by atoms with Gasteiger partial charge in [-0.15, -0.1) is 11.3 Å². The van der Waals surface area contributed by atoms with Crippen molar-refractivity contribution >= 4 is 22.7 Å². The molecule has 0 amide bonds. The number of aryl methyl sites for hydroxylation is 1. The van der Waals surface area contributed by atoms with Crippen LogP contribution >= 0.6 is 11.3 Å². The van der Waals surface area contributed by atoms with Crippen LogP contribution in [0.5, 0.6) is 0 Å². The van der Waals surface area contributed by atoms with Crippen LogP contribution < -0.4 is 11.1 Å². The van der Waals surface area contributed by atoms with E-state index < -0.39 is 11.7 Å². The first-order valence-corrected chi connectivity index (χ1v) is 6.30. The number of halogens is 3. The van der Waals surface area contributed by atoms with Gasteiger partial charge in [-0.05, 0) is 25.1 Å². The Labute approximate surface area is 112 Å². The van der Waals surface area contributed by atoms with Crippen LogP contribution in [0.4, 0.5) is 24.5 Å². The Morgan fingerprint density at radius 3 is 2.63 bits per heavy atom. The van der Waals surface area contributed by atoms with Gasteiger partial charge < -0.3 is 11.1 Å². The lowest BCUT2D eigenvalue weighted by molar-refractivity contribution is -0.137. The van der Waals surface area contributed by atoms with Crippen molar-refractivity contribution in [3.05, 3.63) is 39.8 Å². The molecule has 1 heterocycles. The van der Waals surface area contributed by atoms with E-state index in [1.165, 1.54) is 17.4 Å². The number of nitrogens with one attached hydrogen (secondary N) is 1. The first-order chi connectivity index (χ1) is 8.86. The van der Waals surface area contributed by atoms with Gasteiger partial charge in [-0.25, -0.2) is 4.98 Å². The molecule has 1 aromatic heterocycles. The summed E-state index contributed by atoms with van der Waals surface area (Å²) in [6.07, 6.45) is -2.64. The normalized spacial score (nSPS) is 11.6. The van der Waals surface area contributed by atoms with Gasteiger partial charge in [0.2, 0.25) is 0 Å². The summed E-state index contributed by atoms with van der Waals surface area (Å²) in [6.45, 7) is 2.38. The van der Waals surface area contributed by atoms with Gasteiger partial charge in [0, 0.05) is 11.1 Å². The topological polar surface area (TPSA) is 50.9 Å². The number of nitrogens with two attached hydrogens (primary N) is 1. The molecule has 102 valence electrons. The summed E-state index contributed by atoms with van der Waals surface area (Å²) in [5, 5.41) is 3.94. The fraction of sp³-hybridized carbons (Fsp3) is 0.250. The number of alkyl halides is 3. The maximum Gasteiger partial charge on any atom is 0.416 e. The quantitative estimate of drug-likeness (QED) is 0.847. The average molecular weight is 287 g/mol. The highest BCUT2D eigenvalue weighted by molar-refractivity contribution is 7.11. The van der Waals surface area contributed by atoms with Crippen LogP contribution in [0.3, 0.4) is 0 Å². The van der Waals surface area contributed by atoms with E-state index in [0.717, 1.165) is 22.0 Å². The molecular weight excluding hydrogens is 275 g/mol. The highest BCUT2D eigenvalue weighted by Crippen LogP contribution is 2.33. The molecule has 3 nitrogen and oxygen atoms in total. The summed E-state index contributed by atoms with van der Waals surface area (Å²) in [6, 6.07) is 3.28. The predicted molar refractivity (Wildman–Crippen MR) is 70.0 cm³/mol. The molecule has 0 radical (unpaired) electrons. The largest absolute Gasteiger partial charge is 0.416 e. The highest BCUT2D eigenvalue weighted by Gasteiger charge is 2.30. The maximum atomic E-state index is 12.5. The molecular formula is C12H12F3N3S. The van der Waals surface area contributed by atoms with E-state index in [0.29, 0.717) is 12.2 Å². The Hall–Kier alpha value is -1.76. The number of thiazole rings is 1. The fourth-order valence-electron chi connectivity index (χ4n) is 1.57. The van der Waals surface area contributed by atoms with Crippen molar-refractivity contribution in [2.75, 3.05) is 11.1 Å². The second-order valence-corrected chi connectivity index (χ2v) is 5.32. The monoisotopic (exact) mass is 287 g/mol. The molecule has 0 aliphatic heterocycles. The van der Waals surface area contributed by atoms with Gasteiger partial charge in [0.25, 0.3) is 0 Å². The van der Waals surface area contributed by atoms with Crippen molar-refractivity contribution in [3.63, 3.8) is 0 Å². The highest BCUT2D eigenvalue weighted by atomic mass is 32.1. The lowest BCUT2D eigenvalue weighted by atomic mass is 10.1. The van der Waals surface area contributed by atoms with Gasteiger partial charge in [-0.1, -0.05) is 0 Å². The van der Waals surface area contributed by atoms with Crippen molar-refractivity contribution in [3.8, 4) is 0 Å². The van der Waals surface area contributed by atoms with Crippen LogP contribution in [-0.4, -0.2) is 4.98 Å². The van der Waals surface area contributed by atoms with Gasteiger partial charge in [0.05, 0.1) is 28.5 Å². The number of nitrogen functional groups attached to an aromatic ring is 1. The van der Waals surface area contributed by atoms with E-state index in [2.05, 4.69) is 10.3 Å². The summed E-state index contributed by atoms with van der Waals surface area (Å²) in [5.74, 6) is 0. The van der Waals surface area contributed by atoms with Gasteiger partial charge in [0.15, 0.2) is 0 Å². The van der Waals surface area contributed by atoms with Crippen LogP contribution in [-0.2, 0) is 12.7 Å². The number of benzene rings is 1. The predicted octanol–water partition coefficient (Wildman–Crippen LogP) is 3.66. The summed E-state index contributed by atoms with van der Waals surface area (Å²) < 4.78 is 37.4. The molecule has 0 saturated heterocycles. The third kappa shape index (κ3) is 3.37. The number of hydrogen-bond donors (Lipinski definition) is 2. The maximum absolute atomic E-state index is 12.5. The average Bonchev–Trinajstić information content (AvgIpc) is 2.72. The number of nitrogens with zero attached hydrogens (tertiary/aromatic N) is 1. The van der Waals surface area contributed by atoms with Crippen LogP contribution in [0.15, 0.2) is 24.4 Å². The van der Waals surface area contributed by atoms with Crippen molar-refractivity contribution < 1.29 is 13.2 Å². The van der Waals surface area contributed by atoms with E-state index in [-0.39, 0.29) is 5.69 Å². The number of rotatable bonds is 3. The molecule has 0 saturated carbocycles. The molecule has 3 N–H and O–H groups in total. The summed E-state index contributed by atoms with van der Waals surface area (Å²) in [4.78, 5) is 5.09. The third-order valence-corrected chi connectivity index (χ3v) is 3.41. The van der Waals surface area contributed by atoms with Gasteiger partial charge in [0.1, 0.15) is 0 Å². The van der Waals surface area contributed by atoms with Crippen molar-refractivity contribution in [1.29, 1.82) is 0 Å². The summed E-state index contributed by atoms with van der Waals surface area (Å²) >= 11 is 1.53. The minimum atomic E-state index is -4.37. The van der Waals surface area contributed by atoms with Crippen molar-refractivity contribution in [1.82, 2.24) is 4.98 Å². The van der Waals surface area contributed by atoms with Gasteiger partial charge in [-0.2, -0.15) is 13.2 Å². The molecule has 2 aromatic rings. The van der Waals surface area contributed by atoms with E-state index in [4.69, 9.17) is 5.73 Å². The van der Waals surface area contributed by atoms with Crippen LogP contribution in [0.2, 0.25) is 0 Å². The molecule has 2 rings (SSSR count). The first-order valence-electron chi connectivity index (χ1n) is 5.48. The Morgan fingerprint density at radius 2 is 2.11 bits per heavy atom. The van der Waals surface area contributed by atoms with Gasteiger partial charge in [-0.3, -0.25) is 0 Å². The molecule has 7 heteroatoms. The Kier molecular flexibility index (Phi) is 3.66. The zero-order valence-corrected chi connectivity index (χ0v) is 10.9. The molecule has 0 bridgehead atoms. The van der Waals surface area contributed by atoms with Crippen molar-refractivity contribution in [2.24, 2.45) is 0 Å². The van der Waals surface area contributed by atoms with E-state index in [9.17, 15) is 13.2 Å². The Morgan fingerprint density at radius 1 is 1.37 bits per heavy atom. The second kappa shape index (κ2) is 5.08. The Balaban J connectivity index is 2.09. The number of hydrogen-bond acceptors (Lipinski definition) is 4. The first kappa shape index (κ1) is 13.7. The summed E-state index contributed by atoms with van der Waals surface area (Å²) in [7, 11) is 0. The van der Waals surface area contributed by atoms with Gasteiger partial charge >= 0.3 is 6.18 Å². The number of aromatic nitrogens is 1. The fourth-order valence-corrected chi connectivity index (χ4v) is 2.30.